The molecular formula is C66H115O11P. The summed E-state index contributed by atoms with van der Waals surface area (Å²) in [7, 11) is -4.76. The molecule has 0 heterocycles. The molecule has 3 unspecified atom stereocenters. The second-order valence-electron chi connectivity index (χ2n) is 20.8. The fraction of sp³-hybridized carbons (Fsp3) is 0.742. The van der Waals surface area contributed by atoms with Crippen LogP contribution in [0.5, 0.6) is 0 Å². The summed E-state index contributed by atoms with van der Waals surface area (Å²) in [5, 5.41) is 9.83. The van der Waals surface area contributed by atoms with Crippen molar-refractivity contribution in [3.8, 4) is 0 Å². The Morgan fingerprint density at radius 2 is 0.692 bits per heavy atom. The van der Waals surface area contributed by atoms with Crippen LogP contribution < -0.4 is 0 Å². The first-order valence-electron chi connectivity index (χ1n) is 31.5. The number of allylic oxidation sites excluding steroid dienone is 14. The molecule has 11 nitrogen and oxygen atoms in total. The summed E-state index contributed by atoms with van der Waals surface area (Å²) in [4.78, 5) is 48.7. The van der Waals surface area contributed by atoms with Gasteiger partial charge in [-0.1, -0.05) is 254 Å². The molecule has 0 aromatic rings. The van der Waals surface area contributed by atoms with Gasteiger partial charge < -0.3 is 24.2 Å². The van der Waals surface area contributed by atoms with Crippen molar-refractivity contribution >= 4 is 25.7 Å². The van der Waals surface area contributed by atoms with Crippen LogP contribution in [0, 0.1) is 0 Å². The highest BCUT2D eigenvalue weighted by atomic mass is 31.2. The van der Waals surface area contributed by atoms with Gasteiger partial charge in [0.05, 0.1) is 19.8 Å². The van der Waals surface area contributed by atoms with Crippen molar-refractivity contribution in [2.75, 3.05) is 26.4 Å². The average molecular weight is 1120 g/mol. The minimum Gasteiger partial charge on any atom is -0.462 e. The van der Waals surface area contributed by atoms with Gasteiger partial charge in [0, 0.05) is 19.3 Å². The van der Waals surface area contributed by atoms with Gasteiger partial charge in [0.1, 0.15) is 12.7 Å². The van der Waals surface area contributed by atoms with Crippen LogP contribution in [-0.2, 0) is 42.2 Å². The lowest BCUT2D eigenvalue weighted by Crippen LogP contribution is -2.30. The Kier molecular flexibility index (Phi) is 57.2. The minimum atomic E-state index is -4.76. The van der Waals surface area contributed by atoms with Crippen LogP contribution in [0.3, 0.4) is 0 Å². The number of aliphatic hydroxyl groups excluding tert-OH is 1. The van der Waals surface area contributed by atoms with Gasteiger partial charge in [-0.2, -0.15) is 0 Å². The van der Waals surface area contributed by atoms with E-state index in [1.54, 1.807) is 0 Å². The maximum atomic E-state index is 13.0. The number of unbranched alkanes of at least 4 members (excludes halogenated alkanes) is 27. The monoisotopic (exact) mass is 1110 g/mol. The zero-order valence-electron chi connectivity index (χ0n) is 49.9. The van der Waals surface area contributed by atoms with Crippen molar-refractivity contribution in [3.63, 3.8) is 0 Å². The standard InChI is InChI=1S/C66H115O11P/c1-4-7-10-13-16-19-22-25-27-29-31-33-35-38-40-43-46-49-52-55-64(68)73-59-63(77-66(70)57-54-51-48-45-42-39-36-34-32-30-28-26-23-20-17-14-11-8-5-2)61-75-78(71,72)74-60-62(58-67)76-65(69)56-53-50-47-44-41-37-24-21-18-15-12-9-6-3/h7,10,12,15-16,19,21,24-25,27,31,33,38,40,62-63,67H,4-6,8-9,11,13-14,17-18,20,22-23,26,28-30,32,34-37,39,41-61H2,1-3H3,(H,71,72)/b10-7-,15-12-,19-16-,24-21-,27-25-,33-31-,40-38-. The molecule has 0 aliphatic carbocycles. The zero-order valence-corrected chi connectivity index (χ0v) is 50.8. The fourth-order valence-corrected chi connectivity index (χ4v) is 9.32. The predicted octanol–water partition coefficient (Wildman–Crippen LogP) is 19.0. The Labute approximate surface area is 477 Å². The molecule has 0 aromatic heterocycles. The highest BCUT2D eigenvalue weighted by molar-refractivity contribution is 7.47. The number of hydrogen-bond donors (Lipinski definition) is 2. The molecule has 0 aliphatic heterocycles. The molecule has 450 valence electrons. The van der Waals surface area contributed by atoms with Crippen molar-refractivity contribution < 1.29 is 52.2 Å². The Balaban J connectivity index is 4.76. The summed E-state index contributed by atoms with van der Waals surface area (Å²) in [5.41, 5.74) is 0. The van der Waals surface area contributed by atoms with Crippen molar-refractivity contribution in [2.24, 2.45) is 0 Å². The van der Waals surface area contributed by atoms with Crippen LogP contribution in [-0.4, -0.2) is 66.5 Å². The van der Waals surface area contributed by atoms with Crippen LogP contribution in [0.15, 0.2) is 85.1 Å². The van der Waals surface area contributed by atoms with Gasteiger partial charge in [0.15, 0.2) is 6.10 Å². The predicted molar refractivity (Wildman–Crippen MR) is 325 cm³/mol. The lowest BCUT2D eigenvalue weighted by atomic mass is 10.0. The van der Waals surface area contributed by atoms with E-state index in [2.05, 4.69) is 106 Å². The molecule has 0 spiro atoms. The molecule has 0 saturated heterocycles. The van der Waals surface area contributed by atoms with Crippen LogP contribution in [0.1, 0.15) is 278 Å². The SMILES string of the molecule is CC/C=C\C/C=C\C/C=C\C/C=C\C/C=C\CCCCCC(=O)OCC(COP(=O)(O)OCC(CO)OC(=O)CCCCCCC/C=C\C/C=C\CCC)OC(=O)CCCCCCCCCCCCCCCCCCCCC. The molecule has 0 aromatic carbocycles. The van der Waals surface area contributed by atoms with E-state index in [1.165, 1.54) is 96.3 Å². The van der Waals surface area contributed by atoms with Crippen molar-refractivity contribution in [1.82, 2.24) is 0 Å². The summed E-state index contributed by atoms with van der Waals surface area (Å²) in [6.45, 7) is 4.45. The summed E-state index contributed by atoms with van der Waals surface area (Å²) < 4.78 is 39.6. The summed E-state index contributed by atoms with van der Waals surface area (Å²) in [6, 6.07) is 0. The highest BCUT2D eigenvalue weighted by Crippen LogP contribution is 2.43. The van der Waals surface area contributed by atoms with Crippen molar-refractivity contribution in [3.05, 3.63) is 85.1 Å². The van der Waals surface area contributed by atoms with Gasteiger partial charge in [-0.25, -0.2) is 4.57 Å². The summed E-state index contributed by atoms with van der Waals surface area (Å²) in [5.74, 6) is -1.51. The van der Waals surface area contributed by atoms with E-state index in [4.69, 9.17) is 23.3 Å². The van der Waals surface area contributed by atoms with E-state index in [0.717, 1.165) is 122 Å². The molecular weight excluding hydrogens is 1000 g/mol. The van der Waals surface area contributed by atoms with Gasteiger partial charge in [0.25, 0.3) is 0 Å². The number of phosphoric ester groups is 1. The molecule has 0 aliphatic rings. The molecule has 0 amide bonds. The van der Waals surface area contributed by atoms with E-state index >= 15 is 0 Å². The zero-order chi connectivity index (χ0) is 56.9. The lowest BCUT2D eigenvalue weighted by Gasteiger charge is -2.21. The molecule has 78 heavy (non-hydrogen) atoms. The van der Waals surface area contributed by atoms with Crippen molar-refractivity contribution in [2.45, 2.75) is 290 Å². The number of ether oxygens (including phenoxy) is 3. The van der Waals surface area contributed by atoms with Gasteiger partial charge in [-0.05, 0) is 89.9 Å². The second-order valence-corrected chi connectivity index (χ2v) is 22.3. The first kappa shape index (κ1) is 74.7. The highest BCUT2D eigenvalue weighted by Gasteiger charge is 2.28. The van der Waals surface area contributed by atoms with Crippen molar-refractivity contribution in [1.29, 1.82) is 0 Å². The van der Waals surface area contributed by atoms with E-state index in [9.17, 15) is 28.9 Å². The number of rotatable bonds is 58. The van der Waals surface area contributed by atoms with E-state index in [1.807, 2.05) is 0 Å². The van der Waals surface area contributed by atoms with E-state index in [0.29, 0.717) is 19.3 Å². The fourth-order valence-electron chi connectivity index (χ4n) is 8.54. The molecule has 0 fully saturated rings. The first-order valence-corrected chi connectivity index (χ1v) is 33.0. The minimum absolute atomic E-state index is 0.157. The third kappa shape index (κ3) is 57.3. The molecule has 0 rings (SSSR count). The van der Waals surface area contributed by atoms with Crippen LogP contribution in [0.2, 0.25) is 0 Å². The van der Waals surface area contributed by atoms with Gasteiger partial charge in [-0.3, -0.25) is 23.4 Å². The number of hydrogen-bond acceptors (Lipinski definition) is 10. The average Bonchev–Trinajstić information content (AvgIpc) is 3.43. The van der Waals surface area contributed by atoms with Crippen LogP contribution >= 0.6 is 7.82 Å². The smallest absolute Gasteiger partial charge is 0.462 e. The van der Waals surface area contributed by atoms with Crippen LogP contribution in [0.4, 0.5) is 0 Å². The third-order valence-electron chi connectivity index (χ3n) is 13.3. The Bertz CT molecular complexity index is 1630. The third-order valence-corrected chi connectivity index (χ3v) is 14.2. The number of aliphatic hydroxyl groups is 1. The Morgan fingerprint density at radius 3 is 1.09 bits per heavy atom. The first-order chi connectivity index (χ1) is 38.2. The molecule has 2 N–H and O–H groups in total. The Hall–Kier alpha value is -3.34. The van der Waals surface area contributed by atoms with Gasteiger partial charge in [0.2, 0.25) is 0 Å². The summed E-state index contributed by atoms with van der Waals surface area (Å²) in [6.07, 6.45) is 69.7. The molecule has 0 bridgehead atoms. The normalized spacial score (nSPS) is 13.9. The second kappa shape index (κ2) is 59.8. The largest absolute Gasteiger partial charge is 0.472 e. The Morgan fingerprint density at radius 1 is 0.372 bits per heavy atom. The quantitative estimate of drug-likeness (QED) is 0.0197. The maximum Gasteiger partial charge on any atom is 0.472 e. The topological polar surface area (TPSA) is 155 Å². The van der Waals surface area contributed by atoms with Crippen LogP contribution in [0.25, 0.3) is 0 Å². The number of esters is 3. The molecule has 12 heteroatoms. The maximum absolute atomic E-state index is 13.0. The van der Waals surface area contributed by atoms with Gasteiger partial charge >= 0.3 is 25.7 Å². The molecule has 0 radical (unpaired) electrons. The van der Waals surface area contributed by atoms with E-state index in [-0.39, 0.29) is 25.9 Å². The molecule has 0 saturated carbocycles. The number of phosphoric acid groups is 1. The number of carbonyl (C=O) groups excluding carboxylic acids is 3. The summed E-state index contributed by atoms with van der Waals surface area (Å²) >= 11 is 0. The molecule has 3 atom stereocenters. The lowest BCUT2D eigenvalue weighted by molar-refractivity contribution is -0.161. The number of carbonyl (C=O) groups is 3. The van der Waals surface area contributed by atoms with Gasteiger partial charge in [-0.15, -0.1) is 0 Å². The van der Waals surface area contributed by atoms with E-state index < -0.39 is 57.8 Å².